The second kappa shape index (κ2) is 10.2. The van der Waals surface area contributed by atoms with Crippen LogP contribution in [0.2, 0.25) is 0 Å². The Morgan fingerprint density at radius 1 is 1.06 bits per heavy atom. The molecule has 0 aromatic heterocycles. The van der Waals surface area contributed by atoms with Gasteiger partial charge in [0.1, 0.15) is 11.4 Å². The van der Waals surface area contributed by atoms with Crippen LogP contribution in [0.5, 0.6) is 17.2 Å². The van der Waals surface area contributed by atoms with Crippen molar-refractivity contribution in [1.82, 2.24) is 5.32 Å². The zero-order valence-corrected chi connectivity index (χ0v) is 18.8. The molecule has 32 heavy (non-hydrogen) atoms. The van der Waals surface area contributed by atoms with Crippen molar-refractivity contribution in [3.8, 4) is 17.2 Å². The number of benzene rings is 2. The van der Waals surface area contributed by atoms with Gasteiger partial charge in [0.05, 0.1) is 26.3 Å². The SMILES string of the molecule is COc1cc(OC)c(OC)cc1CNC(=O)c1ccc(N2CCC(C)CC2)c([N+](=O)[O-])c1. The number of ether oxygens (including phenoxy) is 3. The van der Waals surface area contributed by atoms with E-state index in [-0.39, 0.29) is 17.8 Å². The molecule has 0 unspecified atom stereocenters. The normalized spacial score (nSPS) is 14.1. The lowest BCUT2D eigenvalue weighted by atomic mass is 9.98. The fraction of sp³-hybridized carbons (Fsp3) is 0.435. The Balaban J connectivity index is 1.78. The fourth-order valence-electron chi connectivity index (χ4n) is 3.84. The Morgan fingerprint density at radius 3 is 2.28 bits per heavy atom. The quantitative estimate of drug-likeness (QED) is 0.489. The van der Waals surface area contributed by atoms with Crippen LogP contribution in [-0.4, -0.2) is 45.2 Å². The van der Waals surface area contributed by atoms with Gasteiger partial charge in [0.15, 0.2) is 11.5 Å². The zero-order chi connectivity index (χ0) is 23.3. The highest BCUT2D eigenvalue weighted by Gasteiger charge is 2.25. The van der Waals surface area contributed by atoms with Crippen LogP contribution in [-0.2, 0) is 6.54 Å². The van der Waals surface area contributed by atoms with Crippen LogP contribution < -0.4 is 24.4 Å². The van der Waals surface area contributed by atoms with Crippen molar-refractivity contribution in [2.45, 2.75) is 26.3 Å². The summed E-state index contributed by atoms with van der Waals surface area (Å²) in [4.78, 5) is 26.1. The van der Waals surface area contributed by atoms with E-state index in [0.29, 0.717) is 34.4 Å². The lowest BCUT2D eigenvalue weighted by Gasteiger charge is -2.31. The number of piperidine rings is 1. The number of anilines is 1. The van der Waals surface area contributed by atoms with Gasteiger partial charge in [-0.25, -0.2) is 0 Å². The van der Waals surface area contributed by atoms with E-state index in [4.69, 9.17) is 14.2 Å². The first-order valence-corrected chi connectivity index (χ1v) is 10.5. The van der Waals surface area contributed by atoms with Gasteiger partial charge in [0.25, 0.3) is 11.6 Å². The van der Waals surface area contributed by atoms with Gasteiger partial charge in [-0.05, 0) is 37.0 Å². The van der Waals surface area contributed by atoms with Crippen LogP contribution >= 0.6 is 0 Å². The number of nitrogens with zero attached hydrogens (tertiary/aromatic N) is 2. The van der Waals surface area contributed by atoms with E-state index in [9.17, 15) is 14.9 Å². The summed E-state index contributed by atoms with van der Waals surface area (Å²) >= 11 is 0. The van der Waals surface area contributed by atoms with Crippen LogP contribution in [0.1, 0.15) is 35.7 Å². The summed E-state index contributed by atoms with van der Waals surface area (Å²) in [5.74, 6) is 1.75. The van der Waals surface area contributed by atoms with E-state index in [0.717, 1.165) is 25.9 Å². The Morgan fingerprint density at radius 2 is 1.69 bits per heavy atom. The van der Waals surface area contributed by atoms with E-state index in [1.807, 2.05) is 4.90 Å². The molecule has 1 aliphatic heterocycles. The third-order valence-corrected chi connectivity index (χ3v) is 5.78. The molecule has 0 bridgehead atoms. The molecule has 1 fully saturated rings. The van der Waals surface area contributed by atoms with Crippen molar-refractivity contribution < 1.29 is 23.9 Å². The maximum absolute atomic E-state index is 12.8. The minimum absolute atomic E-state index is 0.0594. The van der Waals surface area contributed by atoms with Crippen LogP contribution in [0.15, 0.2) is 30.3 Å². The number of methoxy groups -OCH3 is 3. The predicted octanol–water partition coefficient (Wildman–Crippen LogP) is 3.79. The van der Waals surface area contributed by atoms with Gasteiger partial charge in [-0.2, -0.15) is 0 Å². The molecular weight excluding hydrogens is 414 g/mol. The average molecular weight is 444 g/mol. The number of nitrogens with one attached hydrogen (secondary N) is 1. The smallest absolute Gasteiger partial charge is 0.293 e. The summed E-state index contributed by atoms with van der Waals surface area (Å²) in [5.41, 5.74) is 1.41. The van der Waals surface area contributed by atoms with Gasteiger partial charge in [-0.3, -0.25) is 14.9 Å². The maximum atomic E-state index is 12.8. The van der Waals surface area contributed by atoms with Crippen molar-refractivity contribution in [2.24, 2.45) is 5.92 Å². The molecule has 2 aromatic rings. The van der Waals surface area contributed by atoms with Crippen LogP contribution in [0.25, 0.3) is 0 Å². The molecule has 0 spiro atoms. The van der Waals surface area contributed by atoms with Crippen molar-refractivity contribution >= 4 is 17.3 Å². The molecule has 2 aromatic carbocycles. The molecule has 1 saturated heterocycles. The summed E-state index contributed by atoms with van der Waals surface area (Å²) < 4.78 is 16.0. The molecule has 0 aliphatic carbocycles. The average Bonchev–Trinajstić information content (AvgIpc) is 2.81. The molecule has 1 heterocycles. The zero-order valence-electron chi connectivity index (χ0n) is 18.8. The maximum Gasteiger partial charge on any atom is 0.293 e. The van der Waals surface area contributed by atoms with Gasteiger partial charge in [0.2, 0.25) is 0 Å². The van der Waals surface area contributed by atoms with E-state index in [2.05, 4.69) is 12.2 Å². The minimum Gasteiger partial charge on any atom is -0.496 e. The molecule has 1 aliphatic rings. The highest BCUT2D eigenvalue weighted by atomic mass is 16.6. The molecule has 172 valence electrons. The molecule has 3 rings (SSSR count). The number of hydrogen-bond donors (Lipinski definition) is 1. The van der Waals surface area contributed by atoms with Gasteiger partial charge in [-0.15, -0.1) is 0 Å². The van der Waals surface area contributed by atoms with Gasteiger partial charge in [0, 0.05) is 42.9 Å². The van der Waals surface area contributed by atoms with Gasteiger partial charge >= 0.3 is 0 Å². The van der Waals surface area contributed by atoms with Crippen molar-refractivity contribution in [1.29, 1.82) is 0 Å². The Hall–Kier alpha value is -3.49. The lowest BCUT2D eigenvalue weighted by Crippen LogP contribution is -2.33. The third kappa shape index (κ3) is 5.04. The minimum atomic E-state index is -0.429. The van der Waals surface area contributed by atoms with E-state index >= 15 is 0 Å². The van der Waals surface area contributed by atoms with Crippen molar-refractivity contribution in [3.05, 3.63) is 51.6 Å². The van der Waals surface area contributed by atoms with E-state index < -0.39 is 10.8 Å². The lowest BCUT2D eigenvalue weighted by molar-refractivity contribution is -0.384. The number of amides is 1. The van der Waals surface area contributed by atoms with Gasteiger partial charge in [-0.1, -0.05) is 6.92 Å². The predicted molar refractivity (Wildman–Crippen MR) is 121 cm³/mol. The molecular formula is C23H29N3O6. The Kier molecular flexibility index (Phi) is 7.40. The standard InChI is InChI=1S/C23H29N3O6/c1-15-7-9-25(10-8-15)18-6-5-16(11-19(18)26(28)29)23(27)24-14-17-12-21(31-3)22(32-4)13-20(17)30-2/h5-6,11-13,15H,7-10,14H2,1-4H3,(H,24,27). The van der Waals surface area contributed by atoms with Gasteiger partial charge < -0.3 is 24.4 Å². The molecule has 0 saturated carbocycles. The third-order valence-electron chi connectivity index (χ3n) is 5.78. The first-order valence-electron chi connectivity index (χ1n) is 10.5. The number of rotatable bonds is 8. The topological polar surface area (TPSA) is 103 Å². The number of nitro benzene ring substituents is 1. The summed E-state index contributed by atoms with van der Waals surface area (Å²) in [7, 11) is 4.58. The summed E-state index contributed by atoms with van der Waals surface area (Å²) in [6, 6.07) is 8.04. The first-order chi connectivity index (χ1) is 15.4. The highest BCUT2D eigenvalue weighted by Crippen LogP contribution is 2.35. The van der Waals surface area contributed by atoms with Crippen LogP contribution in [0.3, 0.4) is 0 Å². The molecule has 0 radical (unpaired) electrons. The summed E-state index contributed by atoms with van der Waals surface area (Å²) in [6.45, 7) is 3.88. The second-order valence-electron chi connectivity index (χ2n) is 7.83. The van der Waals surface area contributed by atoms with Crippen molar-refractivity contribution in [2.75, 3.05) is 39.3 Å². The Bertz CT molecular complexity index is 986. The fourth-order valence-corrected chi connectivity index (χ4v) is 3.84. The van der Waals surface area contributed by atoms with Crippen LogP contribution in [0.4, 0.5) is 11.4 Å². The number of carbonyl (C=O) groups excluding carboxylic acids is 1. The summed E-state index contributed by atoms with van der Waals surface area (Å²) in [6.07, 6.45) is 1.99. The highest BCUT2D eigenvalue weighted by molar-refractivity contribution is 5.95. The monoisotopic (exact) mass is 443 g/mol. The molecule has 9 nitrogen and oxygen atoms in total. The van der Waals surface area contributed by atoms with Crippen molar-refractivity contribution in [3.63, 3.8) is 0 Å². The molecule has 9 heteroatoms. The molecule has 0 atom stereocenters. The Labute approximate surface area is 187 Å². The second-order valence-corrected chi connectivity index (χ2v) is 7.83. The molecule has 1 amide bonds. The first kappa shape index (κ1) is 23.2. The summed E-state index contributed by atoms with van der Waals surface area (Å²) in [5, 5.41) is 14.5. The van der Waals surface area contributed by atoms with Crippen LogP contribution in [0, 0.1) is 16.0 Å². The number of hydrogen-bond acceptors (Lipinski definition) is 7. The molecule has 1 N–H and O–H groups in total. The number of carbonyl (C=O) groups is 1. The largest absolute Gasteiger partial charge is 0.496 e. The number of nitro groups is 1. The van der Waals surface area contributed by atoms with E-state index in [1.165, 1.54) is 27.4 Å². The van der Waals surface area contributed by atoms with E-state index in [1.54, 1.807) is 24.3 Å².